The lowest BCUT2D eigenvalue weighted by Gasteiger charge is -2.00. The first-order valence-electron chi connectivity index (χ1n) is 4.44. The number of aromatic nitrogens is 1. The Morgan fingerprint density at radius 1 is 1.53 bits per heavy atom. The molecule has 1 heterocycles. The summed E-state index contributed by atoms with van der Waals surface area (Å²) >= 11 is 5.66. The van der Waals surface area contributed by atoms with Crippen LogP contribution in [0.15, 0.2) is 42.6 Å². The van der Waals surface area contributed by atoms with Crippen molar-refractivity contribution in [2.45, 2.75) is 6.92 Å². The molecular weight excluding hydrogens is 212 g/mol. The molecule has 0 unspecified atom stereocenters. The molecule has 0 aliphatic carbocycles. The molecule has 1 rings (SSSR count). The second-order valence-corrected chi connectivity index (χ2v) is 3.13. The van der Waals surface area contributed by atoms with E-state index in [1.807, 2.05) is 13.0 Å². The average Bonchev–Trinajstić information content (AvgIpc) is 2.18. The number of hydrogen-bond acceptors (Lipinski definition) is 2. The number of carbonyl (C=O) groups excluding carboxylic acids is 1. The second kappa shape index (κ2) is 5.98. The fourth-order valence-corrected chi connectivity index (χ4v) is 1.09. The van der Waals surface area contributed by atoms with E-state index >= 15 is 0 Å². The molecule has 0 fully saturated rings. The summed E-state index contributed by atoms with van der Waals surface area (Å²) in [5, 5.41) is 3.01. The summed E-state index contributed by atoms with van der Waals surface area (Å²) in [5.74, 6) is -0.199. The van der Waals surface area contributed by atoms with Gasteiger partial charge in [-0.15, -0.1) is 0 Å². The fourth-order valence-electron chi connectivity index (χ4n) is 0.918. The predicted octanol–water partition coefficient (Wildman–Crippen LogP) is 2.81. The second-order valence-electron chi connectivity index (χ2n) is 2.74. The number of nitrogens with zero attached hydrogens (tertiary/aromatic N) is 1. The van der Waals surface area contributed by atoms with Crippen molar-refractivity contribution in [2.24, 2.45) is 0 Å². The first-order chi connectivity index (χ1) is 7.22. The molecule has 1 amide bonds. The van der Waals surface area contributed by atoms with Crippen LogP contribution >= 0.6 is 11.6 Å². The molecule has 0 spiro atoms. The number of rotatable bonds is 3. The minimum absolute atomic E-state index is 0.199. The van der Waals surface area contributed by atoms with E-state index in [1.54, 1.807) is 24.3 Å². The monoisotopic (exact) mass is 222 g/mol. The minimum Gasteiger partial charge on any atom is -0.322 e. The molecule has 0 aliphatic heterocycles. The van der Waals surface area contributed by atoms with Gasteiger partial charge in [0.05, 0.1) is 0 Å². The number of anilines is 1. The zero-order valence-electron chi connectivity index (χ0n) is 8.27. The summed E-state index contributed by atoms with van der Waals surface area (Å²) in [6.07, 6.45) is 8.26. The van der Waals surface area contributed by atoms with Crippen LogP contribution in [0, 0.1) is 0 Å². The minimum atomic E-state index is -0.199. The lowest BCUT2D eigenvalue weighted by atomic mass is 10.4. The Balaban J connectivity index is 2.59. The Morgan fingerprint density at radius 2 is 2.33 bits per heavy atom. The normalized spacial score (nSPS) is 11.1. The third-order valence-electron chi connectivity index (χ3n) is 1.55. The van der Waals surface area contributed by atoms with Crippen molar-refractivity contribution in [2.75, 3.05) is 5.32 Å². The zero-order chi connectivity index (χ0) is 11.1. The molecule has 0 saturated heterocycles. The van der Waals surface area contributed by atoms with Gasteiger partial charge in [-0.05, 0) is 19.1 Å². The molecule has 78 valence electrons. The van der Waals surface area contributed by atoms with Gasteiger partial charge in [0, 0.05) is 18.0 Å². The number of allylic oxidation sites excluding steroid dienone is 3. The molecule has 0 aliphatic rings. The predicted molar refractivity (Wildman–Crippen MR) is 61.8 cm³/mol. The van der Waals surface area contributed by atoms with Crippen LogP contribution in [0.3, 0.4) is 0 Å². The van der Waals surface area contributed by atoms with E-state index in [-0.39, 0.29) is 5.91 Å². The van der Waals surface area contributed by atoms with E-state index in [9.17, 15) is 4.79 Å². The van der Waals surface area contributed by atoms with Gasteiger partial charge < -0.3 is 5.32 Å². The van der Waals surface area contributed by atoms with Crippen molar-refractivity contribution in [3.05, 3.63) is 47.8 Å². The fraction of sp³-hybridized carbons (Fsp3) is 0.0909. The van der Waals surface area contributed by atoms with Crippen molar-refractivity contribution >= 4 is 23.2 Å². The van der Waals surface area contributed by atoms with Gasteiger partial charge in [-0.1, -0.05) is 29.8 Å². The summed E-state index contributed by atoms with van der Waals surface area (Å²) in [4.78, 5) is 15.1. The molecule has 0 bridgehead atoms. The third-order valence-corrected chi connectivity index (χ3v) is 1.75. The SMILES string of the molecule is C/C=C/C=C/C(=O)Nc1ccnc(Cl)c1. The number of nitrogens with one attached hydrogen (secondary N) is 1. The highest BCUT2D eigenvalue weighted by atomic mass is 35.5. The van der Waals surface area contributed by atoms with Crippen LogP contribution in [0.5, 0.6) is 0 Å². The Kier molecular flexibility index (Phi) is 4.57. The van der Waals surface area contributed by atoms with Gasteiger partial charge in [-0.3, -0.25) is 4.79 Å². The van der Waals surface area contributed by atoms with Crippen LogP contribution in [0.2, 0.25) is 5.15 Å². The smallest absolute Gasteiger partial charge is 0.248 e. The highest BCUT2D eigenvalue weighted by molar-refractivity contribution is 6.29. The van der Waals surface area contributed by atoms with Gasteiger partial charge in [0.2, 0.25) is 5.91 Å². The van der Waals surface area contributed by atoms with Crippen LogP contribution < -0.4 is 5.32 Å². The number of carbonyl (C=O) groups is 1. The zero-order valence-corrected chi connectivity index (χ0v) is 9.03. The van der Waals surface area contributed by atoms with Crippen LogP contribution in [-0.4, -0.2) is 10.9 Å². The molecule has 0 atom stereocenters. The Labute approximate surface area is 93.5 Å². The first kappa shape index (κ1) is 11.5. The molecule has 1 N–H and O–H groups in total. The molecule has 0 radical (unpaired) electrons. The van der Waals surface area contributed by atoms with E-state index in [1.165, 1.54) is 12.3 Å². The summed E-state index contributed by atoms with van der Waals surface area (Å²) in [5.41, 5.74) is 0.630. The van der Waals surface area contributed by atoms with E-state index in [0.29, 0.717) is 10.8 Å². The van der Waals surface area contributed by atoms with Crippen LogP contribution in [0.4, 0.5) is 5.69 Å². The van der Waals surface area contributed by atoms with Crippen LogP contribution in [0.25, 0.3) is 0 Å². The van der Waals surface area contributed by atoms with Crippen molar-refractivity contribution in [3.8, 4) is 0 Å². The van der Waals surface area contributed by atoms with Gasteiger partial charge in [-0.2, -0.15) is 0 Å². The Bertz CT molecular complexity index is 399. The number of halogens is 1. The quantitative estimate of drug-likeness (QED) is 0.486. The van der Waals surface area contributed by atoms with E-state index < -0.39 is 0 Å². The summed E-state index contributed by atoms with van der Waals surface area (Å²) < 4.78 is 0. The molecule has 1 aromatic rings. The summed E-state index contributed by atoms with van der Waals surface area (Å²) in [7, 11) is 0. The van der Waals surface area contributed by atoms with Crippen LogP contribution in [-0.2, 0) is 4.79 Å². The first-order valence-corrected chi connectivity index (χ1v) is 4.82. The third kappa shape index (κ3) is 4.42. The van der Waals surface area contributed by atoms with E-state index in [2.05, 4.69) is 10.3 Å². The maximum absolute atomic E-state index is 11.3. The highest BCUT2D eigenvalue weighted by Gasteiger charge is 1.97. The van der Waals surface area contributed by atoms with Crippen molar-refractivity contribution < 1.29 is 4.79 Å². The van der Waals surface area contributed by atoms with Crippen molar-refractivity contribution in [1.29, 1.82) is 0 Å². The molecular formula is C11H11ClN2O. The number of hydrogen-bond donors (Lipinski definition) is 1. The van der Waals surface area contributed by atoms with Gasteiger partial charge in [0.1, 0.15) is 5.15 Å². The Morgan fingerprint density at radius 3 is 3.00 bits per heavy atom. The van der Waals surface area contributed by atoms with Crippen molar-refractivity contribution in [1.82, 2.24) is 4.98 Å². The van der Waals surface area contributed by atoms with Gasteiger partial charge in [0.15, 0.2) is 0 Å². The average molecular weight is 223 g/mol. The number of pyridine rings is 1. The maximum Gasteiger partial charge on any atom is 0.248 e. The maximum atomic E-state index is 11.3. The molecule has 3 nitrogen and oxygen atoms in total. The van der Waals surface area contributed by atoms with E-state index in [0.717, 1.165) is 0 Å². The van der Waals surface area contributed by atoms with E-state index in [4.69, 9.17) is 11.6 Å². The summed E-state index contributed by atoms with van der Waals surface area (Å²) in [6, 6.07) is 3.26. The van der Waals surface area contributed by atoms with Gasteiger partial charge in [0.25, 0.3) is 0 Å². The molecule has 0 saturated carbocycles. The lowest BCUT2D eigenvalue weighted by Crippen LogP contribution is -2.07. The summed E-state index contributed by atoms with van der Waals surface area (Å²) in [6.45, 7) is 1.88. The Hall–Kier alpha value is -1.61. The van der Waals surface area contributed by atoms with Gasteiger partial charge >= 0.3 is 0 Å². The van der Waals surface area contributed by atoms with Crippen LogP contribution in [0.1, 0.15) is 6.92 Å². The molecule has 0 aromatic carbocycles. The standard InChI is InChI=1S/C11H11ClN2O/c1-2-3-4-5-11(15)14-9-6-7-13-10(12)8-9/h2-8H,1H3,(H,13,14,15)/b3-2+,5-4+. The molecule has 4 heteroatoms. The largest absolute Gasteiger partial charge is 0.322 e. The molecule has 1 aromatic heterocycles. The van der Waals surface area contributed by atoms with Gasteiger partial charge in [-0.25, -0.2) is 4.98 Å². The number of amides is 1. The lowest BCUT2D eigenvalue weighted by molar-refractivity contribution is -0.111. The van der Waals surface area contributed by atoms with Crippen molar-refractivity contribution in [3.63, 3.8) is 0 Å². The highest BCUT2D eigenvalue weighted by Crippen LogP contribution is 2.11. The molecule has 15 heavy (non-hydrogen) atoms. The topological polar surface area (TPSA) is 42.0 Å².